The molecule has 1 saturated heterocycles. The minimum atomic E-state index is -0.518. The first-order valence-electron chi connectivity index (χ1n) is 11.3. The molecule has 1 heterocycles. The zero-order chi connectivity index (χ0) is 24.1. The van der Waals surface area contributed by atoms with Crippen LogP contribution in [0.3, 0.4) is 0 Å². The standard InChI is InChI=1S/C25H26ClN3O5/c26-18-7-5-16(6-8-18)24(32)29-13-11-17(12-14-29)25(33)34-15-22(30)28-21-4-2-1-3-20(21)23(31)27-19-9-10-19/h1-8,17,19H,9-15H2,(H,27,31)(H,28,30). The normalized spacial score (nSPS) is 16.0. The first kappa shape index (κ1) is 23.8. The number of nitrogens with zero attached hydrogens (tertiary/aromatic N) is 1. The molecule has 2 fully saturated rings. The van der Waals surface area contributed by atoms with Gasteiger partial charge in [0, 0.05) is 29.7 Å². The van der Waals surface area contributed by atoms with Gasteiger partial charge in [-0.1, -0.05) is 23.7 Å². The molecule has 0 spiro atoms. The maximum Gasteiger partial charge on any atom is 0.309 e. The van der Waals surface area contributed by atoms with E-state index in [4.69, 9.17) is 16.3 Å². The predicted octanol–water partition coefficient (Wildman–Crippen LogP) is 3.27. The van der Waals surface area contributed by atoms with Gasteiger partial charge >= 0.3 is 5.97 Å². The fourth-order valence-corrected chi connectivity index (χ4v) is 3.94. The van der Waals surface area contributed by atoms with Crippen molar-refractivity contribution in [2.45, 2.75) is 31.7 Å². The van der Waals surface area contributed by atoms with Gasteiger partial charge in [-0.3, -0.25) is 19.2 Å². The number of nitrogens with one attached hydrogen (secondary N) is 2. The van der Waals surface area contributed by atoms with Crippen LogP contribution in [0.5, 0.6) is 0 Å². The summed E-state index contributed by atoms with van der Waals surface area (Å²) < 4.78 is 5.21. The Kier molecular flexibility index (Phi) is 7.47. The number of halogens is 1. The van der Waals surface area contributed by atoms with Crippen LogP contribution >= 0.6 is 11.6 Å². The summed E-state index contributed by atoms with van der Waals surface area (Å²) >= 11 is 5.87. The number of carbonyl (C=O) groups is 4. The molecular formula is C25H26ClN3O5. The molecule has 0 bridgehead atoms. The zero-order valence-electron chi connectivity index (χ0n) is 18.6. The summed E-state index contributed by atoms with van der Waals surface area (Å²) in [6.45, 7) is 0.412. The summed E-state index contributed by atoms with van der Waals surface area (Å²) in [6, 6.07) is 13.6. The summed E-state index contributed by atoms with van der Waals surface area (Å²) in [5, 5.41) is 6.10. The van der Waals surface area contributed by atoms with E-state index < -0.39 is 18.5 Å². The topological polar surface area (TPSA) is 105 Å². The van der Waals surface area contributed by atoms with E-state index in [9.17, 15) is 19.2 Å². The SMILES string of the molecule is O=C(COC(=O)C1CCN(C(=O)c2ccc(Cl)cc2)CC1)Nc1ccccc1C(=O)NC1CC1. The molecule has 0 aromatic heterocycles. The summed E-state index contributed by atoms with van der Waals surface area (Å²) in [5.41, 5.74) is 1.29. The number of anilines is 1. The van der Waals surface area contributed by atoms with Crippen LogP contribution in [0.2, 0.25) is 5.02 Å². The molecule has 9 heteroatoms. The lowest BCUT2D eigenvalue weighted by atomic mass is 9.96. The van der Waals surface area contributed by atoms with Crippen molar-refractivity contribution in [3.8, 4) is 0 Å². The Labute approximate surface area is 202 Å². The van der Waals surface area contributed by atoms with Crippen LogP contribution < -0.4 is 10.6 Å². The van der Waals surface area contributed by atoms with Crippen molar-refractivity contribution in [3.05, 3.63) is 64.7 Å². The molecule has 1 aliphatic heterocycles. The number of piperidine rings is 1. The smallest absolute Gasteiger partial charge is 0.309 e. The maximum atomic E-state index is 12.6. The molecule has 2 N–H and O–H groups in total. The quantitative estimate of drug-likeness (QED) is 0.588. The van der Waals surface area contributed by atoms with Gasteiger partial charge in [0.1, 0.15) is 0 Å². The second kappa shape index (κ2) is 10.7. The van der Waals surface area contributed by atoms with Gasteiger partial charge in [-0.25, -0.2) is 0 Å². The van der Waals surface area contributed by atoms with Gasteiger partial charge < -0.3 is 20.3 Å². The van der Waals surface area contributed by atoms with Crippen LogP contribution in [0.4, 0.5) is 5.69 Å². The Bertz CT molecular complexity index is 1080. The number of esters is 1. The molecule has 0 radical (unpaired) electrons. The Hall–Kier alpha value is -3.39. The molecule has 1 saturated carbocycles. The van der Waals surface area contributed by atoms with Gasteiger partial charge in [-0.05, 0) is 62.1 Å². The fraction of sp³-hybridized carbons (Fsp3) is 0.360. The third-order valence-corrected chi connectivity index (χ3v) is 6.16. The summed E-state index contributed by atoms with van der Waals surface area (Å²) in [7, 11) is 0. The van der Waals surface area contributed by atoms with Gasteiger partial charge in [0.2, 0.25) is 0 Å². The average molecular weight is 484 g/mol. The number of benzene rings is 2. The molecule has 4 rings (SSSR count). The number of ether oxygens (including phenoxy) is 1. The average Bonchev–Trinajstić information content (AvgIpc) is 3.67. The van der Waals surface area contributed by atoms with Crippen molar-refractivity contribution in [1.29, 1.82) is 0 Å². The van der Waals surface area contributed by atoms with Crippen molar-refractivity contribution >= 4 is 41.0 Å². The maximum absolute atomic E-state index is 12.6. The molecule has 8 nitrogen and oxygen atoms in total. The van der Waals surface area contributed by atoms with Crippen LogP contribution in [0.15, 0.2) is 48.5 Å². The monoisotopic (exact) mass is 483 g/mol. The number of carbonyl (C=O) groups excluding carboxylic acids is 4. The van der Waals surface area contributed by atoms with E-state index in [2.05, 4.69) is 10.6 Å². The first-order chi connectivity index (χ1) is 16.4. The Balaban J connectivity index is 1.23. The lowest BCUT2D eigenvalue weighted by Gasteiger charge is -2.31. The number of para-hydroxylation sites is 1. The molecule has 2 aromatic carbocycles. The molecular weight excluding hydrogens is 458 g/mol. The van der Waals surface area contributed by atoms with Gasteiger partial charge in [-0.15, -0.1) is 0 Å². The largest absolute Gasteiger partial charge is 0.455 e. The number of hydrogen-bond donors (Lipinski definition) is 2. The summed E-state index contributed by atoms with van der Waals surface area (Å²) in [5.74, 6) is -1.70. The van der Waals surface area contributed by atoms with E-state index in [1.54, 1.807) is 53.4 Å². The van der Waals surface area contributed by atoms with E-state index in [-0.39, 0.29) is 23.8 Å². The second-order valence-electron chi connectivity index (χ2n) is 8.52. The minimum absolute atomic E-state index is 0.104. The van der Waals surface area contributed by atoms with Gasteiger partial charge in [0.25, 0.3) is 17.7 Å². The fourth-order valence-electron chi connectivity index (χ4n) is 3.82. The highest BCUT2D eigenvalue weighted by Gasteiger charge is 2.29. The lowest BCUT2D eigenvalue weighted by Crippen LogP contribution is -2.41. The molecule has 2 aliphatic rings. The highest BCUT2D eigenvalue weighted by Crippen LogP contribution is 2.23. The van der Waals surface area contributed by atoms with Crippen LogP contribution in [-0.2, 0) is 14.3 Å². The molecule has 1 aliphatic carbocycles. The van der Waals surface area contributed by atoms with E-state index >= 15 is 0 Å². The van der Waals surface area contributed by atoms with E-state index in [1.165, 1.54) is 0 Å². The summed E-state index contributed by atoms with van der Waals surface area (Å²) in [6.07, 6.45) is 2.85. The highest BCUT2D eigenvalue weighted by atomic mass is 35.5. The molecule has 0 atom stereocenters. The van der Waals surface area contributed by atoms with Crippen LogP contribution in [0, 0.1) is 5.92 Å². The van der Waals surface area contributed by atoms with Gasteiger partial charge in [0.15, 0.2) is 6.61 Å². The Morgan fingerprint density at radius 2 is 1.62 bits per heavy atom. The molecule has 0 unspecified atom stereocenters. The van der Waals surface area contributed by atoms with Crippen molar-refractivity contribution in [2.24, 2.45) is 5.92 Å². The van der Waals surface area contributed by atoms with E-state index in [0.29, 0.717) is 47.8 Å². The molecule has 34 heavy (non-hydrogen) atoms. The van der Waals surface area contributed by atoms with Crippen LogP contribution in [0.1, 0.15) is 46.4 Å². The van der Waals surface area contributed by atoms with Crippen molar-refractivity contribution in [3.63, 3.8) is 0 Å². The van der Waals surface area contributed by atoms with Gasteiger partial charge in [0.05, 0.1) is 17.2 Å². The minimum Gasteiger partial charge on any atom is -0.455 e. The number of hydrogen-bond acceptors (Lipinski definition) is 5. The highest BCUT2D eigenvalue weighted by molar-refractivity contribution is 6.30. The molecule has 2 aromatic rings. The third kappa shape index (κ3) is 6.14. The Morgan fingerprint density at radius 3 is 2.29 bits per heavy atom. The number of likely N-dealkylation sites (tertiary alicyclic amines) is 1. The third-order valence-electron chi connectivity index (χ3n) is 5.91. The second-order valence-corrected chi connectivity index (χ2v) is 8.96. The van der Waals surface area contributed by atoms with Gasteiger partial charge in [-0.2, -0.15) is 0 Å². The predicted molar refractivity (Wildman–Crippen MR) is 127 cm³/mol. The molecule has 3 amide bonds. The lowest BCUT2D eigenvalue weighted by molar-refractivity contribution is -0.152. The number of rotatable bonds is 7. The van der Waals surface area contributed by atoms with Crippen molar-refractivity contribution in [1.82, 2.24) is 10.2 Å². The van der Waals surface area contributed by atoms with E-state index in [0.717, 1.165) is 12.8 Å². The van der Waals surface area contributed by atoms with E-state index in [1.807, 2.05) is 0 Å². The summed E-state index contributed by atoms with van der Waals surface area (Å²) in [4.78, 5) is 51.5. The number of amides is 3. The van der Waals surface area contributed by atoms with Crippen molar-refractivity contribution < 1.29 is 23.9 Å². The zero-order valence-corrected chi connectivity index (χ0v) is 19.3. The van der Waals surface area contributed by atoms with Crippen molar-refractivity contribution in [2.75, 3.05) is 25.0 Å². The van der Waals surface area contributed by atoms with Crippen LogP contribution in [0.25, 0.3) is 0 Å². The first-order valence-corrected chi connectivity index (χ1v) is 11.7. The van der Waals surface area contributed by atoms with Crippen LogP contribution in [-0.4, -0.2) is 54.3 Å². The Morgan fingerprint density at radius 1 is 0.941 bits per heavy atom. The molecule has 178 valence electrons.